The lowest BCUT2D eigenvalue weighted by Crippen LogP contribution is -2.43. The summed E-state index contributed by atoms with van der Waals surface area (Å²) >= 11 is 0. The number of nitrogens with zero attached hydrogens (tertiary/aromatic N) is 4. The van der Waals surface area contributed by atoms with Crippen LogP contribution in [0.15, 0.2) is 30.6 Å². The molecule has 0 radical (unpaired) electrons. The van der Waals surface area contributed by atoms with Gasteiger partial charge in [-0.3, -0.25) is 4.79 Å². The lowest BCUT2D eigenvalue weighted by atomic mass is 10.1. The van der Waals surface area contributed by atoms with Crippen LogP contribution in [0.1, 0.15) is 23.7 Å². The van der Waals surface area contributed by atoms with Crippen molar-refractivity contribution in [1.29, 1.82) is 0 Å². The smallest absolute Gasteiger partial charge is 0.245 e. The molecule has 6 heteroatoms. The molecule has 1 atom stereocenters. The summed E-state index contributed by atoms with van der Waals surface area (Å²) in [5, 5.41) is 3.38. The molecule has 0 fully saturated rings. The first-order chi connectivity index (χ1) is 12.7. The molecule has 0 unspecified atom stereocenters. The molecule has 1 N–H and O–H groups in total. The van der Waals surface area contributed by atoms with Crippen LogP contribution >= 0.6 is 0 Å². The van der Waals surface area contributed by atoms with Crippen LogP contribution < -0.4 is 10.2 Å². The van der Waals surface area contributed by atoms with Crippen molar-refractivity contribution in [2.24, 2.45) is 0 Å². The molecule has 2 aliphatic rings. The number of anilines is 2. The number of para-hydroxylation sites is 1. The molecule has 0 spiro atoms. The molecule has 0 saturated heterocycles. The van der Waals surface area contributed by atoms with E-state index in [1.54, 1.807) is 6.33 Å². The van der Waals surface area contributed by atoms with Crippen LogP contribution in [0.2, 0.25) is 0 Å². The molecule has 0 aliphatic carbocycles. The quantitative estimate of drug-likeness (QED) is 0.915. The highest BCUT2D eigenvalue weighted by molar-refractivity contribution is 5.87. The first-order valence-corrected chi connectivity index (χ1v) is 9.34. The normalized spacial score (nSPS) is 18.5. The molecule has 3 heterocycles. The van der Waals surface area contributed by atoms with Gasteiger partial charge in [-0.15, -0.1) is 0 Å². The summed E-state index contributed by atoms with van der Waals surface area (Å²) in [4.78, 5) is 26.2. The van der Waals surface area contributed by atoms with Crippen molar-refractivity contribution in [3.05, 3.63) is 47.4 Å². The molecule has 1 aromatic heterocycles. The summed E-state index contributed by atoms with van der Waals surface area (Å²) < 4.78 is 0. The van der Waals surface area contributed by atoms with Crippen LogP contribution in [0.25, 0.3) is 0 Å². The Morgan fingerprint density at radius 1 is 1.27 bits per heavy atom. The largest absolute Gasteiger partial charge is 0.373 e. The predicted octanol–water partition coefficient (Wildman–Crippen LogP) is 1.90. The van der Waals surface area contributed by atoms with E-state index in [1.807, 2.05) is 23.1 Å². The maximum Gasteiger partial charge on any atom is 0.245 e. The van der Waals surface area contributed by atoms with Gasteiger partial charge in [0.2, 0.25) is 5.91 Å². The fourth-order valence-corrected chi connectivity index (χ4v) is 3.88. The summed E-state index contributed by atoms with van der Waals surface area (Å²) in [6.45, 7) is 4.45. The van der Waals surface area contributed by atoms with E-state index in [-0.39, 0.29) is 11.9 Å². The van der Waals surface area contributed by atoms with E-state index in [0.717, 1.165) is 49.6 Å². The van der Waals surface area contributed by atoms with Gasteiger partial charge in [0, 0.05) is 50.8 Å². The van der Waals surface area contributed by atoms with Crippen LogP contribution in [0.5, 0.6) is 0 Å². The molecule has 0 saturated carbocycles. The molecule has 4 rings (SSSR count). The number of fused-ring (bicyclic) bond motifs is 2. The Kier molecular flexibility index (Phi) is 4.49. The topological polar surface area (TPSA) is 61.4 Å². The second kappa shape index (κ2) is 6.94. The number of carbonyl (C=O) groups excluding carboxylic acids is 1. The van der Waals surface area contributed by atoms with Gasteiger partial charge < -0.3 is 15.1 Å². The van der Waals surface area contributed by atoms with E-state index in [4.69, 9.17) is 0 Å². The maximum atomic E-state index is 13.1. The van der Waals surface area contributed by atoms with Gasteiger partial charge in [-0.25, -0.2) is 9.97 Å². The molecule has 26 heavy (non-hydrogen) atoms. The van der Waals surface area contributed by atoms with Crippen molar-refractivity contribution in [2.75, 3.05) is 36.9 Å². The number of rotatable bonds is 3. The van der Waals surface area contributed by atoms with Crippen molar-refractivity contribution < 1.29 is 4.79 Å². The Hall–Kier alpha value is -2.63. The highest BCUT2D eigenvalue weighted by atomic mass is 16.2. The van der Waals surface area contributed by atoms with Crippen LogP contribution in [-0.2, 0) is 24.1 Å². The minimum absolute atomic E-state index is 0.155. The fraction of sp³-hybridized carbons (Fsp3) is 0.450. The Balaban J connectivity index is 1.49. The third-order valence-corrected chi connectivity index (χ3v) is 5.48. The lowest BCUT2D eigenvalue weighted by Gasteiger charge is -2.24. The predicted molar refractivity (Wildman–Crippen MR) is 103 cm³/mol. The van der Waals surface area contributed by atoms with E-state index in [2.05, 4.69) is 40.2 Å². The second-order valence-electron chi connectivity index (χ2n) is 7.02. The Morgan fingerprint density at radius 2 is 2.08 bits per heavy atom. The van der Waals surface area contributed by atoms with Crippen molar-refractivity contribution in [3.63, 3.8) is 0 Å². The first kappa shape index (κ1) is 16.8. The molecular weight excluding hydrogens is 326 g/mol. The van der Waals surface area contributed by atoms with Gasteiger partial charge in [0.05, 0.1) is 5.69 Å². The van der Waals surface area contributed by atoms with Gasteiger partial charge in [0.1, 0.15) is 18.2 Å². The average Bonchev–Trinajstić information content (AvgIpc) is 2.99. The van der Waals surface area contributed by atoms with E-state index in [1.165, 1.54) is 11.1 Å². The fourth-order valence-electron chi connectivity index (χ4n) is 3.88. The van der Waals surface area contributed by atoms with E-state index in [0.29, 0.717) is 6.54 Å². The van der Waals surface area contributed by atoms with Crippen LogP contribution in [-0.4, -0.2) is 53.5 Å². The minimum atomic E-state index is -0.155. The average molecular weight is 351 g/mol. The Bertz CT molecular complexity index is 797. The van der Waals surface area contributed by atoms with Gasteiger partial charge in [-0.1, -0.05) is 18.2 Å². The van der Waals surface area contributed by atoms with Crippen LogP contribution in [0, 0.1) is 0 Å². The van der Waals surface area contributed by atoms with Gasteiger partial charge in [0.15, 0.2) is 0 Å². The van der Waals surface area contributed by atoms with Crippen LogP contribution in [0.3, 0.4) is 0 Å². The summed E-state index contributed by atoms with van der Waals surface area (Å²) in [6, 6.07) is 8.02. The number of hydrogen-bond donors (Lipinski definition) is 1. The van der Waals surface area contributed by atoms with Crippen molar-refractivity contribution >= 4 is 17.4 Å². The van der Waals surface area contributed by atoms with Crippen molar-refractivity contribution in [3.8, 4) is 0 Å². The SMILES string of the molecule is CCN(C)c1ncnc2c1CCN(C(=O)[C@@H]1Cc3ccccc3N1)CC2. The number of carbonyl (C=O) groups is 1. The van der Waals surface area contributed by atoms with Crippen molar-refractivity contribution in [1.82, 2.24) is 14.9 Å². The number of nitrogens with one attached hydrogen (secondary N) is 1. The molecule has 0 bridgehead atoms. The monoisotopic (exact) mass is 351 g/mol. The highest BCUT2D eigenvalue weighted by Gasteiger charge is 2.31. The summed E-state index contributed by atoms with van der Waals surface area (Å²) in [5.74, 6) is 1.19. The first-order valence-electron chi connectivity index (χ1n) is 9.34. The van der Waals surface area contributed by atoms with Crippen LogP contribution in [0.4, 0.5) is 11.5 Å². The van der Waals surface area contributed by atoms with E-state index < -0.39 is 0 Å². The maximum absolute atomic E-state index is 13.1. The number of hydrogen-bond acceptors (Lipinski definition) is 5. The molecule has 2 aromatic rings. The van der Waals surface area contributed by atoms with Crippen molar-refractivity contribution in [2.45, 2.75) is 32.2 Å². The standard InChI is InChI=1S/C20H25N5O/c1-3-24(2)19-15-8-10-25(11-9-17(15)21-13-22-19)20(26)18-12-14-6-4-5-7-16(14)23-18/h4-7,13,18,23H,3,8-12H2,1-2H3/t18-/m0/s1. The molecule has 2 aliphatic heterocycles. The highest BCUT2D eigenvalue weighted by Crippen LogP contribution is 2.27. The van der Waals surface area contributed by atoms with Gasteiger partial charge in [0.25, 0.3) is 0 Å². The molecule has 136 valence electrons. The molecule has 6 nitrogen and oxygen atoms in total. The molecule has 1 aromatic carbocycles. The zero-order valence-electron chi connectivity index (χ0n) is 15.4. The third kappa shape index (κ3) is 3.00. The van der Waals surface area contributed by atoms with E-state index >= 15 is 0 Å². The third-order valence-electron chi connectivity index (χ3n) is 5.48. The summed E-state index contributed by atoms with van der Waals surface area (Å²) in [5.41, 5.74) is 4.58. The number of amides is 1. The summed E-state index contributed by atoms with van der Waals surface area (Å²) in [6.07, 6.45) is 4.00. The minimum Gasteiger partial charge on any atom is -0.373 e. The lowest BCUT2D eigenvalue weighted by molar-refractivity contribution is -0.131. The Labute approximate surface area is 154 Å². The zero-order chi connectivity index (χ0) is 18.1. The Morgan fingerprint density at radius 3 is 2.88 bits per heavy atom. The molecule has 1 amide bonds. The van der Waals surface area contributed by atoms with Gasteiger partial charge >= 0.3 is 0 Å². The molecular formula is C20H25N5O. The van der Waals surface area contributed by atoms with Gasteiger partial charge in [-0.05, 0) is 25.0 Å². The van der Waals surface area contributed by atoms with Gasteiger partial charge in [-0.2, -0.15) is 0 Å². The summed E-state index contributed by atoms with van der Waals surface area (Å²) in [7, 11) is 2.05. The second-order valence-corrected chi connectivity index (χ2v) is 7.02. The van der Waals surface area contributed by atoms with E-state index in [9.17, 15) is 4.79 Å². The zero-order valence-corrected chi connectivity index (χ0v) is 15.4. The number of aromatic nitrogens is 2. The number of benzene rings is 1.